The summed E-state index contributed by atoms with van der Waals surface area (Å²) in [5, 5.41) is 1.55. The third kappa shape index (κ3) is 2.82. The largest absolute Gasteiger partial charge is 0.298 e. The number of fused-ring (bicyclic) bond motifs is 1. The van der Waals surface area contributed by atoms with Gasteiger partial charge in [0.2, 0.25) is 0 Å². The van der Waals surface area contributed by atoms with E-state index < -0.39 is 0 Å². The molecule has 0 radical (unpaired) electrons. The van der Waals surface area contributed by atoms with Gasteiger partial charge in [-0.15, -0.1) is 11.6 Å². The van der Waals surface area contributed by atoms with Crippen LogP contribution in [0.5, 0.6) is 0 Å². The summed E-state index contributed by atoms with van der Waals surface area (Å²) in [6.45, 7) is 0.941. The molecular weight excluding hydrogens is 268 g/mol. The van der Waals surface area contributed by atoms with Gasteiger partial charge in [-0.25, -0.2) is 0 Å². The van der Waals surface area contributed by atoms with E-state index in [9.17, 15) is 0 Å². The van der Waals surface area contributed by atoms with Gasteiger partial charge >= 0.3 is 0 Å². The van der Waals surface area contributed by atoms with Crippen molar-refractivity contribution in [2.75, 3.05) is 7.05 Å². The summed E-state index contributed by atoms with van der Waals surface area (Å²) < 4.78 is 0. The van der Waals surface area contributed by atoms with E-state index in [0.29, 0.717) is 11.4 Å². The zero-order chi connectivity index (χ0) is 13.9. The van der Waals surface area contributed by atoms with Gasteiger partial charge in [-0.1, -0.05) is 31.0 Å². The average Bonchev–Trinajstić information content (AvgIpc) is 2.48. The third-order valence-electron chi connectivity index (χ3n) is 4.37. The molecule has 2 atom stereocenters. The molecule has 1 saturated carbocycles. The van der Waals surface area contributed by atoms with Crippen LogP contribution < -0.4 is 0 Å². The lowest BCUT2D eigenvalue weighted by molar-refractivity contribution is 0.189. The van der Waals surface area contributed by atoms with Crippen LogP contribution in [0.4, 0.5) is 0 Å². The van der Waals surface area contributed by atoms with Crippen molar-refractivity contribution < 1.29 is 0 Å². The van der Waals surface area contributed by atoms with Crippen LogP contribution in [0.2, 0.25) is 0 Å². The van der Waals surface area contributed by atoms with Crippen molar-refractivity contribution in [3.63, 3.8) is 0 Å². The van der Waals surface area contributed by atoms with Crippen molar-refractivity contribution in [2.45, 2.75) is 43.6 Å². The number of pyridine rings is 1. The molecule has 0 bridgehead atoms. The smallest absolute Gasteiger partial charge is 0.0705 e. The Morgan fingerprint density at radius 1 is 1.20 bits per heavy atom. The van der Waals surface area contributed by atoms with Crippen LogP contribution in [0, 0.1) is 0 Å². The van der Waals surface area contributed by atoms with Gasteiger partial charge in [0.25, 0.3) is 0 Å². The molecule has 20 heavy (non-hydrogen) atoms. The zero-order valence-electron chi connectivity index (χ0n) is 11.9. The van der Waals surface area contributed by atoms with Crippen molar-refractivity contribution in [2.24, 2.45) is 0 Å². The van der Waals surface area contributed by atoms with Crippen molar-refractivity contribution in [1.29, 1.82) is 0 Å². The van der Waals surface area contributed by atoms with E-state index in [-0.39, 0.29) is 0 Å². The first kappa shape index (κ1) is 13.8. The van der Waals surface area contributed by atoms with E-state index >= 15 is 0 Å². The Balaban J connectivity index is 1.82. The number of aromatic nitrogens is 1. The number of para-hydroxylation sites is 1. The first-order valence-corrected chi connectivity index (χ1v) is 7.86. The molecule has 106 valence electrons. The minimum atomic E-state index is 0.293. The van der Waals surface area contributed by atoms with Crippen LogP contribution in [0.3, 0.4) is 0 Å². The first-order chi connectivity index (χ1) is 9.75. The van der Waals surface area contributed by atoms with E-state index in [1.165, 1.54) is 30.2 Å². The molecule has 0 saturated heterocycles. The highest BCUT2D eigenvalue weighted by molar-refractivity contribution is 6.21. The summed E-state index contributed by atoms with van der Waals surface area (Å²) in [4.78, 5) is 6.85. The van der Waals surface area contributed by atoms with E-state index in [2.05, 4.69) is 41.2 Å². The van der Waals surface area contributed by atoms with E-state index in [1.54, 1.807) is 0 Å². The molecule has 3 heteroatoms. The number of rotatable bonds is 3. The SMILES string of the molecule is CN(Cc1ccnc2ccccc12)C1CCCCC1Cl. The molecule has 0 N–H and O–H groups in total. The van der Waals surface area contributed by atoms with Crippen LogP contribution in [-0.2, 0) is 6.54 Å². The Morgan fingerprint density at radius 3 is 2.85 bits per heavy atom. The summed E-state index contributed by atoms with van der Waals surface area (Å²) in [6.07, 6.45) is 6.85. The van der Waals surface area contributed by atoms with E-state index in [4.69, 9.17) is 11.6 Å². The molecule has 2 aromatic rings. The summed E-state index contributed by atoms with van der Waals surface area (Å²) in [7, 11) is 2.20. The Kier molecular flexibility index (Phi) is 4.23. The highest BCUT2D eigenvalue weighted by Gasteiger charge is 2.26. The lowest BCUT2D eigenvalue weighted by Gasteiger charge is -2.35. The predicted molar refractivity (Wildman–Crippen MR) is 85.1 cm³/mol. The van der Waals surface area contributed by atoms with Gasteiger partial charge in [0.05, 0.1) is 5.52 Å². The summed E-state index contributed by atoms with van der Waals surface area (Å²) >= 11 is 6.51. The molecule has 2 nitrogen and oxygen atoms in total. The Bertz CT molecular complexity index is 579. The van der Waals surface area contributed by atoms with Crippen LogP contribution in [-0.4, -0.2) is 28.4 Å². The molecule has 1 aromatic carbocycles. The maximum Gasteiger partial charge on any atom is 0.0705 e. The molecule has 0 amide bonds. The fourth-order valence-corrected chi connectivity index (χ4v) is 3.71. The zero-order valence-corrected chi connectivity index (χ0v) is 12.7. The standard InChI is InChI=1S/C17H21ClN2/c1-20(17-9-5-3-7-15(17)18)12-13-10-11-19-16-8-4-2-6-14(13)16/h2,4,6,8,10-11,15,17H,3,5,7,9,12H2,1H3. The molecule has 2 unspecified atom stereocenters. The van der Waals surface area contributed by atoms with Crippen molar-refractivity contribution in [3.8, 4) is 0 Å². The second-order valence-electron chi connectivity index (χ2n) is 5.77. The lowest BCUT2D eigenvalue weighted by atomic mass is 9.93. The number of nitrogens with zero attached hydrogens (tertiary/aromatic N) is 2. The van der Waals surface area contributed by atoms with Crippen LogP contribution in [0.1, 0.15) is 31.2 Å². The quantitative estimate of drug-likeness (QED) is 0.786. The van der Waals surface area contributed by atoms with Gasteiger partial charge in [0.1, 0.15) is 0 Å². The minimum Gasteiger partial charge on any atom is -0.298 e. The first-order valence-electron chi connectivity index (χ1n) is 7.42. The fraction of sp³-hybridized carbons (Fsp3) is 0.471. The van der Waals surface area contributed by atoms with E-state index in [1.807, 2.05) is 12.3 Å². The maximum absolute atomic E-state index is 6.51. The van der Waals surface area contributed by atoms with Gasteiger partial charge in [0, 0.05) is 29.5 Å². The molecule has 1 heterocycles. The second kappa shape index (κ2) is 6.11. The topological polar surface area (TPSA) is 16.1 Å². The summed E-state index contributed by atoms with van der Waals surface area (Å²) in [6, 6.07) is 11.0. The molecule has 3 rings (SSSR count). The van der Waals surface area contributed by atoms with Crippen LogP contribution >= 0.6 is 11.6 Å². The Hall–Kier alpha value is -1.12. The number of hydrogen-bond acceptors (Lipinski definition) is 2. The highest BCUT2D eigenvalue weighted by Crippen LogP contribution is 2.28. The fourth-order valence-electron chi connectivity index (χ4n) is 3.24. The molecule has 0 spiro atoms. The van der Waals surface area contributed by atoms with Crippen LogP contribution in [0.25, 0.3) is 10.9 Å². The molecule has 1 aliphatic rings. The molecule has 1 fully saturated rings. The third-order valence-corrected chi connectivity index (χ3v) is 4.88. The average molecular weight is 289 g/mol. The Labute approximate surface area is 125 Å². The van der Waals surface area contributed by atoms with E-state index in [0.717, 1.165) is 18.5 Å². The second-order valence-corrected chi connectivity index (χ2v) is 6.33. The number of benzene rings is 1. The number of alkyl halides is 1. The van der Waals surface area contributed by atoms with Crippen LogP contribution in [0.15, 0.2) is 36.5 Å². The van der Waals surface area contributed by atoms with Crippen molar-refractivity contribution >= 4 is 22.5 Å². The lowest BCUT2D eigenvalue weighted by Crippen LogP contribution is -2.40. The van der Waals surface area contributed by atoms with Crippen molar-refractivity contribution in [3.05, 3.63) is 42.1 Å². The van der Waals surface area contributed by atoms with Crippen molar-refractivity contribution in [1.82, 2.24) is 9.88 Å². The number of hydrogen-bond donors (Lipinski definition) is 0. The van der Waals surface area contributed by atoms with Gasteiger partial charge in [-0.3, -0.25) is 9.88 Å². The summed E-state index contributed by atoms with van der Waals surface area (Å²) in [5.41, 5.74) is 2.41. The van der Waals surface area contributed by atoms with Gasteiger partial charge in [-0.05, 0) is 37.6 Å². The molecule has 1 aromatic heterocycles. The molecule has 1 aliphatic carbocycles. The molecular formula is C17H21ClN2. The molecule has 0 aliphatic heterocycles. The summed E-state index contributed by atoms with van der Waals surface area (Å²) in [5.74, 6) is 0. The van der Waals surface area contributed by atoms with Gasteiger partial charge < -0.3 is 0 Å². The highest BCUT2D eigenvalue weighted by atomic mass is 35.5. The predicted octanol–water partition coefficient (Wildman–Crippen LogP) is 4.22. The number of halogens is 1. The Morgan fingerprint density at radius 2 is 2.00 bits per heavy atom. The minimum absolute atomic E-state index is 0.293. The normalized spacial score (nSPS) is 23.4. The van der Waals surface area contributed by atoms with Gasteiger partial charge in [0.15, 0.2) is 0 Å². The monoisotopic (exact) mass is 288 g/mol. The maximum atomic E-state index is 6.51. The van der Waals surface area contributed by atoms with Gasteiger partial charge in [-0.2, -0.15) is 0 Å².